The second-order valence-corrected chi connectivity index (χ2v) is 4.24. The van der Waals surface area contributed by atoms with E-state index in [1.54, 1.807) is 0 Å². The van der Waals surface area contributed by atoms with Crippen LogP contribution in [0.2, 0.25) is 0 Å². The van der Waals surface area contributed by atoms with Crippen molar-refractivity contribution in [2.24, 2.45) is 0 Å². The van der Waals surface area contributed by atoms with Gasteiger partial charge in [-0.2, -0.15) is 0 Å². The Morgan fingerprint density at radius 1 is 1.12 bits per heavy atom. The van der Waals surface area contributed by atoms with Gasteiger partial charge < -0.3 is 10.6 Å². The summed E-state index contributed by atoms with van der Waals surface area (Å²) in [6, 6.07) is 8.17. The molecule has 2 nitrogen and oxygen atoms in total. The number of hydrogen-bond acceptors (Lipinski definition) is 2. The fourth-order valence-electron chi connectivity index (χ4n) is 2.00. The highest BCUT2D eigenvalue weighted by Gasteiger charge is 2.02. The summed E-state index contributed by atoms with van der Waals surface area (Å²) in [5.41, 5.74) is 8.13. The van der Waals surface area contributed by atoms with Gasteiger partial charge in [-0.15, -0.1) is 0 Å². The lowest BCUT2D eigenvalue weighted by molar-refractivity contribution is 0.285. The zero-order valence-electron chi connectivity index (χ0n) is 10.6. The van der Waals surface area contributed by atoms with E-state index in [0.29, 0.717) is 0 Å². The molecule has 0 saturated carbocycles. The Balaban J connectivity index is 2.32. The molecule has 16 heavy (non-hydrogen) atoms. The summed E-state index contributed by atoms with van der Waals surface area (Å²) in [5, 5.41) is 0. The van der Waals surface area contributed by atoms with Crippen molar-refractivity contribution in [3.63, 3.8) is 0 Å². The van der Waals surface area contributed by atoms with Crippen molar-refractivity contribution >= 4 is 5.69 Å². The Morgan fingerprint density at radius 2 is 1.88 bits per heavy atom. The molecule has 2 N–H and O–H groups in total. The number of anilines is 1. The van der Waals surface area contributed by atoms with Gasteiger partial charge in [0.25, 0.3) is 0 Å². The summed E-state index contributed by atoms with van der Waals surface area (Å²) in [7, 11) is 0. The van der Waals surface area contributed by atoms with Crippen molar-refractivity contribution in [1.29, 1.82) is 0 Å². The Morgan fingerprint density at radius 3 is 2.50 bits per heavy atom. The summed E-state index contributed by atoms with van der Waals surface area (Å²) >= 11 is 0. The van der Waals surface area contributed by atoms with E-state index >= 15 is 0 Å². The maximum Gasteiger partial charge on any atom is 0.0346 e. The molecule has 0 saturated heterocycles. The number of nitrogen functional groups attached to an aromatic ring is 1. The van der Waals surface area contributed by atoms with E-state index in [1.807, 2.05) is 12.1 Å². The molecule has 1 aromatic carbocycles. The van der Waals surface area contributed by atoms with Crippen molar-refractivity contribution in [3.05, 3.63) is 29.8 Å². The number of hydrogen-bond donors (Lipinski definition) is 1. The molecule has 1 aromatic rings. The number of nitrogens with zero attached hydrogens (tertiary/aromatic N) is 1. The molecule has 0 spiro atoms. The summed E-state index contributed by atoms with van der Waals surface area (Å²) < 4.78 is 0. The van der Waals surface area contributed by atoms with Gasteiger partial charge in [0, 0.05) is 5.69 Å². The van der Waals surface area contributed by atoms with Gasteiger partial charge in [0.05, 0.1) is 0 Å². The van der Waals surface area contributed by atoms with Crippen LogP contribution in [0.25, 0.3) is 0 Å². The molecule has 0 aliphatic heterocycles. The third-order valence-electron chi connectivity index (χ3n) is 2.96. The maximum absolute atomic E-state index is 5.92. The van der Waals surface area contributed by atoms with Gasteiger partial charge in [-0.05, 0) is 50.5 Å². The molecule has 0 unspecified atom stereocenters. The van der Waals surface area contributed by atoms with Crippen molar-refractivity contribution in [1.82, 2.24) is 4.90 Å². The highest BCUT2D eigenvalue weighted by atomic mass is 15.1. The molecule has 0 aliphatic rings. The molecule has 0 fully saturated rings. The van der Waals surface area contributed by atoms with Crippen LogP contribution in [0.3, 0.4) is 0 Å². The maximum atomic E-state index is 5.92. The van der Waals surface area contributed by atoms with Crippen molar-refractivity contribution in [2.45, 2.75) is 33.1 Å². The first kappa shape index (κ1) is 13.0. The summed E-state index contributed by atoms with van der Waals surface area (Å²) in [4.78, 5) is 2.50. The van der Waals surface area contributed by atoms with Crippen molar-refractivity contribution < 1.29 is 0 Å². The molecule has 0 radical (unpaired) electrons. The second-order valence-electron chi connectivity index (χ2n) is 4.24. The van der Waals surface area contributed by atoms with E-state index < -0.39 is 0 Å². The first-order chi connectivity index (χ1) is 7.77. The van der Waals surface area contributed by atoms with Gasteiger partial charge in [0.15, 0.2) is 0 Å². The Labute approximate surface area is 99.5 Å². The van der Waals surface area contributed by atoms with Crippen LogP contribution in [-0.4, -0.2) is 24.5 Å². The topological polar surface area (TPSA) is 29.3 Å². The van der Waals surface area contributed by atoms with E-state index in [0.717, 1.165) is 18.7 Å². The van der Waals surface area contributed by atoms with E-state index in [-0.39, 0.29) is 0 Å². The van der Waals surface area contributed by atoms with Crippen LogP contribution in [0.15, 0.2) is 24.3 Å². The molecule has 0 bridgehead atoms. The van der Waals surface area contributed by atoms with Crippen LogP contribution in [0.5, 0.6) is 0 Å². The smallest absolute Gasteiger partial charge is 0.0346 e. The zero-order chi connectivity index (χ0) is 11.8. The molecule has 2 heteroatoms. The fraction of sp³-hybridized carbons (Fsp3) is 0.571. The van der Waals surface area contributed by atoms with Crippen LogP contribution < -0.4 is 5.73 Å². The third kappa shape index (κ3) is 4.23. The predicted molar refractivity (Wildman–Crippen MR) is 71.6 cm³/mol. The van der Waals surface area contributed by atoms with E-state index in [1.165, 1.54) is 31.5 Å². The van der Waals surface area contributed by atoms with Crippen LogP contribution in [0, 0.1) is 0 Å². The first-order valence-corrected chi connectivity index (χ1v) is 6.33. The zero-order valence-corrected chi connectivity index (χ0v) is 10.6. The minimum Gasteiger partial charge on any atom is -0.399 e. The number of nitrogens with two attached hydrogens (primary N) is 1. The monoisotopic (exact) mass is 220 g/mol. The molecule has 1 rings (SSSR count). The van der Waals surface area contributed by atoms with Crippen molar-refractivity contribution in [3.8, 4) is 0 Å². The van der Waals surface area contributed by atoms with E-state index in [4.69, 9.17) is 5.73 Å². The summed E-state index contributed by atoms with van der Waals surface area (Å²) in [5.74, 6) is 0. The van der Waals surface area contributed by atoms with Crippen molar-refractivity contribution in [2.75, 3.05) is 25.4 Å². The molecule has 0 heterocycles. The molecule has 90 valence electrons. The van der Waals surface area contributed by atoms with Crippen LogP contribution >= 0.6 is 0 Å². The molecule has 0 amide bonds. The standard InChI is InChI=1S/C14H24N2/c1-3-11-16(4-2)12-7-9-13-8-5-6-10-14(13)15/h5-6,8,10H,3-4,7,9,11-12,15H2,1-2H3. The fourth-order valence-corrected chi connectivity index (χ4v) is 2.00. The minimum absolute atomic E-state index is 0.932. The van der Waals surface area contributed by atoms with Gasteiger partial charge >= 0.3 is 0 Å². The number of benzene rings is 1. The van der Waals surface area contributed by atoms with Gasteiger partial charge in [0.1, 0.15) is 0 Å². The number of rotatable bonds is 7. The third-order valence-corrected chi connectivity index (χ3v) is 2.96. The van der Waals surface area contributed by atoms with Crippen LogP contribution in [-0.2, 0) is 6.42 Å². The average molecular weight is 220 g/mol. The first-order valence-electron chi connectivity index (χ1n) is 6.33. The molecular formula is C14H24N2. The average Bonchev–Trinajstić information content (AvgIpc) is 2.30. The molecule has 0 aliphatic carbocycles. The Kier molecular flexibility index (Phi) is 5.94. The Bertz CT molecular complexity index is 297. The van der Waals surface area contributed by atoms with E-state index in [9.17, 15) is 0 Å². The van der Waals surface area contributed by atoms with Gasteiger partial charge in [-0.1, -0.05) is 32.0 Å². The van der Waals surface area contributed by atoms with Crippen LogP contribution in [0.4, 0.5) is 5.69 Å². The van der Waals surface area contributed by atoms with Gasteiger partial charge in [-0.3, -0.25) is 0 Å². The normalized spacial score (nSPS) is 10.9. The summed E-state index contributed by atoms with van der Waals surface area (Å²) in [6.45, 7) is 8.00. The SMILES string of the molecule is CCCN(CC)CCCc1ccccc1N. The molecule has 0 aromatic heterocycles. The lowest BCUT2D eigenvalue weighted by Gasteiger charge is -2.19. The van der Waals surface area contributed by atoms with Gasteiger partial charge in [-0.25, -0.2) is 0 Å². The highest BCUT2D eigenvalue weighted by molar-refractivity contribution is 5.46. The lowest BCUT2D eigenvalue weighted by atomic mass is 10.1. The highest BCUT2D eigenvalue weighted by Crippen LogP contribution is 2.12. The second kappa shape index (κ2) is 7.29. The summed E-state index contributed by atoms with van der Waals surface area (Å²) in [6.07, 6.45) is 3.52. The predicted octanol–water partition coefficient (Wildman–Crippen LogP) is 2.93. The molecular weight excluding hydrogens is 196 g/mol. The number of para-hydroxylation sites is 1. The van der Waals surface area contributed by atoms with Crippen LogP contribution in [0.1, 0.15) is 32.3 Å². The Hall–Kier alpha value is -1.02. The largest absolute Gasteiger partial charge is 0.399 e. The quantitative estimate of drug-likeness (QED) is 0.716. The molecule has 0 atom stereocenters. The van der Waals surface area contributed by atoms with E-state index in [2.05, 4.69) is 30.9 Å². The minimum atomic E-state index is 0.932. The van der Waals surface area contributed by atoms with Gasteiger partial charge in [0.2, 0.25) is 0 Å². The lowest BCUT2D eigenvalue weighted by Crippen LogP contribution is -2.25. The number of aryl methyl sites for hydroxylation is 1.